The molecule has 150 valence electrons. The van der Waals surface area contributed by atoms with Crippen molar-refractivity contribution in [1.82, 2.24) is 15.2 Å². The Hall–Kier alpha value is -1.42. The number of hydrogen-bond acceptors (Lipinski definition) is 3. The summed E-state index contributed by atoms with van der Waals surface area (Å²) in [5.41, 5.74) is 0.621. The van der Waals surface area contributed by atoms with Crippen molar-refractivity contribution < 1.29 is 4.79 Å². The normalized spacial score (nSPS) is 21.7. The molecular weight excluding hydrogens is 334 g/mol. The van der Waals surface area contributed by atoms with Gasteiger partial charge in [-0.15, -0.1) is 0 Å². The van der Waals surface area contributed by atoms with E-state index in [1.165, 1.54) is 38.6 Å². The lowest BCUT2D eigenvalue weighted by atomic mass is 9.84. The van der Waals surface area contributed by atoms with E-state index in [4.69, 9.17) is 0 Å². The number of hydrogen-bond donors (Lipinski definition) is 1. The first-order valence-electron chi connectivity index (χ1n) is 10.9. The SMILES string of the molecule is CC(C)(C)C(=O)N[C@H](c1ccccn1)C1CCN(CC2CCCCC2)CC1. The van der Waals surface area contributed by atoms with Crippen LogP contribution in [0.1, 0.15) is 77.5 Å². The summed E-state index contributed by atoms with van der Waals surface area (Å²) in [4.78, 5) is 19.9. The summed E-state index contributed by atoms with van der Waals surface area (Å²) in [6.07, 6.45) is 11.2. The van der Waals surface area contributed by atoms with Gasteiger partial charge in [0.25, 0.3) is 0 Å². The Balaban J connectivity index is 1.61. The first-order chi connectivity index (χ1) is 12.9. The topological polar surface area (TPSA) is 45.2 Å². The van der Waals surface area contributed by atoms with Crippen LogP contribution in [0.4, 0.5) is 0 Å². The number of rotatable bonds is 5. The molecule has 1 N–H and O–H groups in total. The zero-order chi connectivity index (χ0) is 19.3. The van der Waals surface area contributed by atoms with Crippen molar-refractivity contribution in [2.45, 2.75) is 71.8 Å². The van der Waals surface area contributed by atoms with Gasteiger partial charge < -0.3 is 10.2 Å². The van der Waals surface area contributed by atoms with Crippen LogP contribution < -0.4 is 5.32 Å². The first kappa shape index (κ1) is 20.3. The van der Waals surface area contributed by atoms with Crippen LogP contribution >= 0.6 is 0 Å². The second-order valence-electron chi connectivity index (χ2n) is 9.60. The number of piperidine rings is 1. The van der Waals surface area contributed by atoms with E-state index in [0.29, 0.717) is 5.92 Å². The highest BCUT2D eigenvalue weighted by molar-refractivity contribution is 5.81. The van der Waals surface area contributed by atoms with Crippen molar-refractivity contribution >= 4 is 5.91 Å². The molecule has 1 aliphatic heterocycles. The largest absolute Gasteiger partial charge is 0.347 e. The lowest BCUT2D eigenvalue weighted by Crippen LogP contribution is -2.45. The minimum atomic E-state index is -0.380. The van der Waals surface area contributed by atoms with Crippen LogP contribution in [0.3, 0.4) is 0 Å². The Bertz CT molecular complexity index is 581. The van der Waals surface area contributed by atoms with Gasteiger partial charge in [-0.1, -0.05) is 46.1 Å². The Kier molecular flexibility index (Phi) is 6.91. The van der Waals surface area contributed by atoms with Crippen molar-refractivity contribution in [2.24, 2.45) is 17.3 Å². The molecule has 0 unspecified atom stereocenters. The monoisotopic (exact) mass is 371 g/mol. The molecule has 0 spiro atoms. The van der Waals surface area contributed by atoms with Crippen LogP contribution in [0.5, 0.6) is 0 Å². The molecule has 1 saturated heterocycles. The van der Waals surface area contributed by atoms with Crippen LogP contribution in [-0.2, 0) is 4.79 Å². The Morgan fingerprint density at radius 3 is 2.44 bits per heavy atom. The van der Waals surface area contributed by atoms with Gasteiger partial charge in [0, 0.05) is 18.2 Å². The molecular formula is C23H37N3O. The molecule has 0 radical (unpaired) electrons. The summed E-state index contributed by atoms with van der Waals surface area (Å²) < 4.78 is 0. The number of pyridine rings is 1. The maximum absolute atomic E-state index is 12.7. The molecule has 1 amide bonds. The van der Waals surface area contributed by atoms with E-state index in [1.54, 1.807) is 0 Å². The number of carbonyl (C=O) groups excluding carboxylic acids is 1. The quantitative estimate of drug-likeness (QED) is 0.824. The first-order valence-corrected chi connectivity index (χ1v) is 10.9. The average Bonchev–Trinajstić information content (AvgIpc) is 2.67. The van der Waals surface area contributed by atoms with Crippen LogP contribution in [-0.4, -0.2) is 35.4 Å². The summed E-state index contributed by atoms with van der Waals surface area (Å²) in [6.45, 7) is 9.50. The summed E-state index contributed by atoms with van der Waals surface area (Å²) in [5.74, 6) is 1.49. The lowest BCUT2D eigenvalue weighted by Gasteiger charge is -2.38. The Labute approximate surface area is 165 Å². The van der Waals surface area contributed by atoms with Gasteiger partial charge in [0.05, 0.1) is 11.7 Å². The number of nitrogens with zero attached hydrogens (tertiary/aromatic N) is 2. The van der Waals surface area contributed by atoms with Crippen molar-refractivity contribution in [1.29, 1.82) is 0 Å². The fourth-order valence-electron chi connectivity index (χ4n) is 4.55. The van der Waals surface area contributed by atoms with E-state index in [1.807, 2.05) is 39.1 Å². The molecule has 0 bridgehead atoms. The van der Waals surface area contributed by atoms with Crippen LogP contribution in [0.25, 0.3) is 0 Å². The highest BCUT2D eigenvalue weighted by atomic mass is 16.2. The molecule has 1 aliphatic carbocycles. The van der Waals surface area contributed by atoms with Gasteiger partial charge in [-0.25, -0.2) is 0 Å². The highest BCUT2D eigenvalue weighted by Crippen LogP contribution is 2.32. The van der Waals surface area contributed by atoms with Crippen LogP contribution in [0.2, 0.25) is 0 Å². The van der Waals surface area contributed by atoms with E-state index in [2.05, 4.69) is 21.3 Å². The average molecular weight is 372 g/mol. The number of amides is 1. The van der Waals surface area contributed by atoms with E-state index < -0.39 is 0 Å². The molecule has 4 heteroatoms. The van der Waals surface area contributed by atoms with Crippen molar-refractivity contribution in [3.8, 4) is 0 Å². The van der Waals surface area contributed by atoms with Gasteiger partial charge in [0.15, 0.2) is 0 Å². The number of aromatic nitrogens is 1. The van der Waals surface area contributed by atoms with Gasteiger partial charge >= 0.3 is 0 Å². The third kappa shape index (κ3) is 5.78. The molecule has 1 aromatic rings. The van der Waals surface area contributed by atoms with Crippen molar-refractivity contribution in [3.05, 3.63) is 30.1 Å². The van der Waals surface area contributed by atoms with Gasteiger partial charge in [0.1, 0.15) is 0 Å². The minimum absolute atomic E-state index is 0.0229. The van der Waals surface area contributed by atoms with Crippen LogP contribution in [0.15, 0.2) is 24.4 Å². The number of nitrogens with one attached hydrogen (secondary N) is 1. The number of likely N-dealkylation sites (tertiary alicyclic amines) is 1. The van der Waals surface area contributed by atoms with Crippen molar-refractivity contribution in [3.63, 3.8) is 0 Å². The maximum Gasteiger partial charge on any atom is 0.225 e. The second-order valence-corrected chi connectivity index (χ2v) is 9.60. The third-order valence-electron chi connectivity index (χ3n) is 6.32. The minimum Gasteiger partial charge on any atom is -0.347 e. The number of carbonyl (C=O) groups is 1. The van der Waals surface area contributed by atoms with Gasteiger partial charge in [-0.3, -0.25) is 9.78 Å². The molecule has 3 rings (SSSR count). The molecule has 27 heavy (non-hydrogen) atoms. The zero-order valence-corrected chi connectivity index (χ0v) is 17.4. The standard InChI is InChI=1S/C23H37N3O/c1-23(2,3)22(27)25-21(20-11-7-8-14-24-20)19-12-15-26(16-13-19)17-18-9-5-4-6-10-18/h7-8,11,14,18-19,21H,4-6,9-10,12-13,15-17H2,1-3H3,(H,25,27)/t21-/m0/s1. The van der Waals surface area contributed by atoms with Gasteiger partial charge in [0.2, 0.25) is 5.91 Å². The summed E-state index contributed by atoms with van der Waals surface area (Å²) in [5, 5.41) is 3.32. The van der Waals surface area contributed by atoms with Gasteiger partial charge in [-0.05, 0) is 62.7 Å². The molecule has 0 aromatic carbocycles. The third-order valence-corrected chi connectivity index (χ3v) is 6.32. The van der Waals surface area contributed by atoms with E-state index in [0.717, 1.165) is 37.5 Å². The van der Waals surface area contributed by atoms with E-state index in [9.17, 15) is 4.79 Å². The Morgan fingerprint density at radius 1 is 1.15 bits per heavy atom. The summed E-state index contributed by atoms with van der Waals surface area (Å²) >= 11 is 0. The van der Waals surface area contributed by atoms with Gasteiger partial charge in [-0.2, -0.15) is 0 Å². The molecule has 1 atom stereocenters. The molecule has 1 aromatic heterocycles. The highest BCUT2D eigenvalue weighted by Gasteiger charge is 2.33. The summed E-state index contributed by atoms with van der Waals surface area (Å²) in [6, 6.07) is 6.05. The fourth-order valence-corrected chi connectivity index (χ4v) is 4.55. The van der Waals surface area contributed by atoms with Crippen LogP contribution in [0, 0.1) is 17.3 Å². The molecule has 2 aliphatic rings. The molecule has 1 saturated carbocycles. The zero-order valence-electron chi connectivity index (χ0n) is 17.4. The summed E-state index contributed by atoms with van der Waals surface area (Å²) in [7, 11) is 0. The van der Waals surface area contributed by atoms with E-state index >= 15 is 0 Å². The smallest absolute Gasteiger partial charge is 0.225 e. The Morgan fingerprint density at radius 2 is 1.85 bits per heavy atom. The predicted octanol–water partition coefficient (Wildman–Crippen LogP) is 4.58. The predicted molar refractivity (Wildman–Crippen MR) is 110 cm³/mol. The molecule has 2 heterocycles. The maximum atomic E-state index is 12.7. The lowest BCUT2D eigenvalue weighted by molar-refractivity contribution is -0.129. The molecule has 4 nitrogen and oxygen atoms in total. The molecule has 2 fully saturated rings. The van der Waals surface area contributed by atoms with Crippen molar-refractivity contribution in [2.75, 3.05) is 19.6 Å². The second kappa shape index (κ2) is 9.18. The van der Waals surface area contributed by atoms with E-state index in [-0.39, 0.29) is 17.4 Å². The fraction of sp³-hybridized carbons (Fsp3) is 0.739.